The molecule has 0 fully saturated rings. The fraction of sp³-hybridized carbons (Fsp3) is 0.0625. The Morgan fingerprint density at radius 1 is 0.955 bits per heavy atom. The number of aromatic nitrogens is 1. The Morgan fingerprint density at radius 2 is 1.77 bits per heavy atom. The number of rotatable bonds is 2. The van der Waals surface area contributed by atoms with Crippen molar-refractivity contribution in [3.05, 3.63) is 52.8 Å². The van der Waals surface area contributed by atoms with Gasteiger partial charge in [0.05, 0.1) is 5.02 Å². The van der Waals surface area contributed by atoms with Crippen LogP contribution in [0.25, 0.3) is 22.6 Å². The molecule has 0 atom stereocenters. The van der Waals surface area contributed by atoms with Crippen molar-refractivity contribution in [2.45, 2.75) is 0 Å². The Kier molecular flexibility index (Phi) is 3.21. The van der Waals surface area contributed by atoms with Gasteiger partial charge in [-0.15, -0.1) is 0 Å². The molecule has 1 aromatic heterocycles. The molecule has 0 saturated carbocycles. The van der Waals surface area contributed by atoms with Crippen molar-refractivity contribution in [1.29, 1.82) is 0 Å². The minimum Gasteiger partial charge on any atom is -0.454 e. The largest absolute Gasteiger partial charge is 0.454 e. The van der Waals surface area contributed by atoms with E-state index in [0.717, 1.165) is 11.1 Å². The van der Waals surface area contributed by atoms with Gasteiger partial charge in [0.2, 0.25) is 6.79 Å². The first-order valence-corrected chi connectivity index (χ1v) is 7.29. The van der Waals surface area contributed by atoms with E-state index in [2.05, 4.69) is 4.98 Å². The molecular weight excluding hydrogens is 325 g/mol. The van der Waals surface area contributed by atoms with Crippen molar-refractivity contribution in [2.24, 2.45) is 0 Å². The SMILES string of the molecule is Clc1nc(-c2ccc3c(c2)OCO3)c(-c2ccccc2Cl)o1. The Labute approximate surface area is 136 Å². The molecule has 2 heterocycles. The van der Waals surface area contributed by atoms with E-state index in [1.165, 1.54) is 0 Å². The van der Waals surface area contributed by atoms with Crippen LogP contribution >= 0.6 is 23.2 Å². The fourth-order valence-corrected chi connectivity index (χ4v) is 2.74. The van der Waals surface area contributed by atoms with E-state index in [9.17, 15) is 0 Å². The van der Waals surface area contributed by atoms with Gasteiger partial charge < -0.3 is 13.9 Å². The molecule has 4 nitrogen and oxygen atoms in total. The standard InChI is InChI=1S/C16H9Cl2NO3/c17-11-4-2-1-3-10(11)15-14(19-16(18)22-15)9-5-6-12-13(7-9)21-8-20-12/h1-7H,8H2. The van der Waals surface area contributed by atoms with Crippen molar-refractivity contribution >= 4 is 23.2 Å². The smallest absolute Gasteiger partial charge is 0.293 e. The molecule has 1 aliphatic heterocycles. The molecule has 3 aromatic rings. The lowest BCUT2D eigenvalue weighted by molar-refractivity contribution is 0.174. The topological polar surface area (TPSA) is 44.5 Å². The normalized spacial score (nSPS) is 12.6. The third kappa shape index (κ3) is 2.21. The number of halogens is 2. The number of hydrogen-bond acceptors (Lipinski definition) is 4. The second-order valence-electron chi connectivity index (χ2n) is 4.69. The highest BCUT2D eigenvalue weighted by Crippen LogP contribution is 2.41. The molecule has 0 aliphatic carbocycles. The number of oxazole rings is 1. The number of benzene rings is 2. The minimum atomic E-state index is 0.0580. The monoisotopic (exact) mass is 333 g/mol. The first kappa shape index (κ1) is 13.5. The highest BCUT2D eigenvalue weighted by Gasteiger charge is 2.21. The summed E-state index contributed by atoms with van der Waals surface area (Å²) in [4.78, 5) is 4.27. The summed E-state index contributed by atoms with van der Waals surface area (Å²) in [5, 5.41) is 0.625. The van der Waals surface area contributed by atoms with Gasteiger partial charge in [0.25, 0.3) is 5.35 Å². The van der Waals surface area contributed by atoms with Gasteiger partial charge in [0, 0.05) is 11.1 Å². The van der Waals surface area contributed by atoms with Gasteiger partial charge in [-0.25, -0.2) is 0 Å². The number of fused-ring (bicyclic) bond motifs is 1. The molecule has 22 heavy (non-hydrogen) atoms. The van der Waals surface area contributed by atoms with Crippen molar-refractivity contribution in [1.82, 2.24) is 4.98 Å². The van der Waals surface area contributed by atoms with Crippen LogP contribution in [0.5, 0.6) is 11.5 Å². The lowest BCUT2D eigenvalue weighted by Crippen LogP contribution is -1.92. The zero-order valence-corrected chi connectivity index (χ0v) is 12.7. The molecule has 1 aliphatic rings. The summed E-state index contributed by atoms with van der Waals surface area (Å²) < 4.78 is 16.3. The third-order valence-electron chi connectivity index (χ3n) is 3.37. The summed E-state index contributed by atoms with van der Waals surface area (Å²) in [5.74, 6) is 1.90. The van der Waals surface area contributed by atoms with Crippen LogP contribution in [0.4, 0.5) is 0 Å². The number of hydrogen-bond donors (Lipinski definition) is 0. The molecule has 0 radical (unpaired) electrons. The predicted molar refractivity (Wildman–Crippen MR) is 83.5 cm³/mol. The molecule has 2 aromatic carbocycles. The highest BCUT2D eigenvalue weighted by atomic mass is 35.5. The molecule has 0 N–H and O–H groups in total. The van der Waals surface area contributed by atoms with Crippen molar-refractivity contribution in [2.75, 3.05) is 6.79 Å². The van der Waals surface area contributed by atoms with Crippen LogP contribution in [0, 0.1) is 0 Å². The Morgan fingerprint density at radius 3 is 2.64 bits per heavy atom. The minimum absolute atomic E-state index is 0.0580. The summed E-state index contributed by atoms with van der Waals surface area (Å²) in [6.07, 6.45) is 0. The Balaban J connectivity index is 1.88. The molecule has 110 valence electrons. The first-order valence-electron chi connectivity index (χ1n) is 6.53. The average Bonchev–Trinajstić information content (AvgIpc) is 3.13. The summed E-state index contributed by atoms with van der Waals surface area (Å²) in [5.41, 5.74) is 2.16. The number of ether oxygens (including phenoxy) is 2. The van der Waals surface area contributed by atoms with Crippen LogP contribution in [0.3, 0.4) is 0 Å². The molecule has 0 saturated heterocycles. The Bertz CT molecular complexity index is 860. The van der Waals surface area contributed by atoms with E-state index in [0.29, 0.717) is 28.0 Å². The van der Waals surface area contributed by atoms with E-state index in [4.69, 9.17) is 37.1 Å². The molecule has 0 amide bonds. The van der Waals surface area contributed by atoms with Crippen LogP contribution in [0.2, 0.25) is 10.4 Å². The molecule has 0 bridgehead atoms. The zero-order chi connectivity index (χ0) is 15.1. The fourth-order valence-electron chi connectivity index (χ4n) is 2.36. The van der Waals surface area contributed by atoms with Crippen LogP contribution < -0.4 is 9.47 Å². The molecule has 6 heteroatoms. The van der Waals surface area contributed by atoms with Crippen LogP contribution in [-0.2, 0) is 0 Å². The lowest BCUT2D eigenvalue weighted by Gasteiger charge is -2.04. The van der Waals surface area contributed by atoms with Crippen LogP contribution in [0.15, 0.2) is 46.9 Å². The van der Waals surface area contributed by atoms with E-state index < -0.39 is 0 Å². The predicted octanol–water partition coefficient (Wildman–Crippen LogP) is 5.04. The molecule has 0 spiro atoms. The van der Waals surface area contributed by atoms with Gasteiger partial charge in [0.1, 0.15) is 5.69 Å². The molecular formula is C16H9Cl2NO3. The van der Waals surface area contributed by atoms with Gasteiger partial charge in [-0.3, -0.25) is 0 Å². The van der Waals surface area contributed by atoms with Gasteiger partial charge in [-0.1, -0.05) is 23.7 Å². The third-order valence-corrected chi connectivity index (χ3v) is 3.86. The van der Waals surface area contributed by atoms with Gasteiger partial charge in [-0.05, 0) is 41.9 Å². The van der Waals surface area contributed by atoms with E-state index >= 15 is 0 Å². The maximum Gasteiger partial charge on any atom is 0.293 e. The summed E-state index contributed by atoms with van der Waals surface area (Å²) in [7, 11) is 0. The van der Waals surface area contributed by atoms with E-state index in [1.807, 2.05) is 36.4 Å². The Hall–Kier alpha value is -2.17. The molecule has 4 rings (SSSR count). The van der Waals surface area contributed by atoms with E-state index in [-0.39, 0.29) is 12.1 Å². The summed E-state index contributed by atoms with van der Waals surface area (Å²) in [6.45, 7) is 0.218. The summed E-state index contributed by atoms with van der Waals surface area (Å²) >= 11 is 12.2. The zero-order valence-electron chi connectivity index (χ0n) is 11.2. The van der Waals surface area contributed by atoms with Gasteiger partial charge in [-0.2, -0.15) is 4.98 Å². The van der Waals surface area contributed by atoms with Crippen molar-refractivity contribution in [3.63, 3.8) is 0 Å². The van der Waals surface area contributed by atoms with Gasteiger partial charge >= 0.3 is 0 Å². The summed E-state index contributed by atoms with van der Waals surface area (Å²) in [6, 6.07) is 12.9. The maximum atomic E-state index is 6.25. The lowest BCUT2D eigenvalue weighted by atomic mass is 10.1. The highest BCUT2D eigenvalue weighted by molar-refractivity contribution is 6.33. The second-order valence-corrected chi connectivity index (χ2v) is 5.42. The van der Waals surface area contributed by atoms with Crippen LogP contribution in [-0.4, -0.2) is 11.8 Å². The average molecular weight is 334 g/mol. The van der Waals surface area contributed by atoms with Crippen LogP contribution in [0.1, 0.15) is 0 Å². The first-order chi connectivity index (χ1) is 10.7. The van der Waals surface area contributed by atoms with Crippen molar-refractivity contribution in [3.8, 4) is 34.1 Å². The second kappa shape index (κ2) is 5.23. The maximum absolute atomic E-state index is 6.25. The number of nitrogens with zero attached hydrogens (tertiary/aromatic N) is 1. The van der Waals surface area contributed by atoms with E-state index in [1.54, 1.807) is 6.07 Å². The molecule has 0 unspecified atom stereocenters. The quantitative estimate of drug-likeness (QED) is 0.658. The van der Waals surface area contributed by atoms with Gasteiger partial charge in [0.15, 0.2) is 17.3 Å². The van der Waals surface area contributed by atoms with Crippen molar-refractivity contribution < 1.29 is 13.9 Å².